The maximum atomic E-state index is 11.2. The van der Waals surface area contributed by atoms with Crippen LogP contribution in [-0.2, 0) is 4.79 Å². The molecule has 0 radical (unpaired) electrons. The van der Waals surface area contributed by atoms with Gasteiger partial charge in [0.2, 0.25) is 5.91 Å². The van der Waals surface area contributed by atoms with Gasteiger partial charge in [-0.1, -0.05) is 0 Å². The molecular formula is C7H9NO5. The number of piperidine rings is 1. The van der Waals surface area contributed by atoms with Gasteiger partial charge in [-0.15, -0.1) is 0 Å². The van der Waals surface area contributed by atoms with Crippen LogP contribution in [0, 0.1) is 5.92 Å². The van der Waals surface area contributed by atoms with Crippen LogP contribution in [0.25, 0.3) is 0 Å². The highest BCUT2D eigenvalue weighted by Gasteiger charge is 2.58. The van der Waals surface area contributed by atoms with E-state index in [0.717, 1.165) is 0 Å². The van der Waals surface area contributed by atoms with Crippen molar-refractivity contribution in [3.8, 4) is 0 Å². The van der Waals surface area contributed by atoms with Crippen LogP contribution >= 0.6 is 0 Å². The van der Waals surface area contributed by atoms with Gasteiger partial charge in [-0.3, -0.25) is 4.79 Å². The van der Waals surface area contributed by atoms with Crippen LogP contribution < -0.4 is 0 Å². The maximum absolute atomic E-state index is 11.2. The summed E-state index contributed by atoms with van der Waals surface area (Å²) in [6.07, 6.45) is -3.36. The Bertz CT molecular complexity index is 278. The largest absolute Gasteiger partial charge is 0.465 e. The van der Waals surface area contributed by atoms with E-state index in [1.54, 1.807) is 0 Å². The molecular weight excluding hydrogens is 178 g/mol. The van der Waals surface area contributed by atoms with Gasteiger partial charge in [0.1, 0.15) is 6.10 Å². The minimum atomic E-state index is -1.36. The van der Waals surface area contributed by atoms with E-state index in [1.165, 1.54) is 0 Å². The SMILES string of the molecule is O=C(O)N1C(=O)[C@H]2C[C@@H]1[C@H](O)[C@@H]2O. The number of carbonyl (C=O) groups excluding carboxylic acids is 1. The number of hydrogen-bond acceptors (Lipinski definition) is 4. The Hall–Kier alpha value is -1.14. The number of aliphatic hydroxyl groups is 2. The van der Waals surface area contributed by atoms with Gasteiger partial charge in [-0.25, -0.2) is 9.69 Å². The lowest BCUT2D eigenvalue weighted by Gasteiger charge is -2.29. The number of fused-ring (bicyclic) bond motifs is 2. The van der Waals surface area contributed by atoms with Gasteiger partial charge in [-0.2, -0.15) is 0 Å². The number of imide groups is 1. The van der Waals surface area contributed by atoms with Crippen LogP contribution in [0.4, 0.5) is 4.79 Å². The lowest BCUT2D eigenvalue weighted by molar-refractivity contribution is -0.142. The number of hydrogen-bond donors (Lipinski definition) is 3. The standard InChI is InChI=1S/C7H9NO5/c9-4-2-1-3(5(4)10)8(6(2)11)7(12)13/h2-5,9-10H,1H2,(H,12,13)/t2-,3+,4+,5-/m0/s1. The number of rotatable bonds is 0. The van der Waals surface area contributed by atoms with Crippen LogP contribution in [0.15, 0.2) is 0 Å². The molecule has 0 unspecified atom stereocenters. The van der Waals surface area contributed by atoms with Crippen molar-refractivity contribution in [2.24, 2.45) is 5.92 Å². The van der Waals surface area contributed by atoms with Crippen molar-refractivity contribution in [3.05, 3.63) is 0 Å². The normalized spacial score (nSPS) is 42.9. The summed E-state index contributed by atoms with van der Waals surface area (Å²) < 4.78 is 0. The van der Waals surface area contributed by atoms with E-state index in [4.69, 9.17) is 5.11 Å². The first-order valence-corrected chi connectivity index (χ1v) is 3.96. The van der Waals surface area contributed by atoms with Crippen molar-refractivity contribution in [1.82, 2.24) is 4.90 Å². The molecule has 72 valence electrons. The molecule has 4 atom stereocenters. The van der Waals surface area contributed by atoms with Gasteiger partial charge < -0.3 is 15.3 Å². The Labute approximate surface area is 73.4 Å². The highest BCUT2D eigenvalue weighted by Crippen LogP contribution is 2.38. The minimum Gasteiger partial charge on any atom is -0.465 e. The first-order valence-electron chi connectivity index (χ1n) is 3.96. The molecule has 2 amide bonds. The molecule has 2 fully saturated rings. The van der Waals surface area contributed by atoms with Crippen molar-refractivity contribution in [2.45, 2.75) is 24.7 Å². The van der Waals surface area contributed by atoms with Crippen LogP contribution in [0.1, 0.15) is 6.42 Å². The van der Waals surface area contributed by atoms with Crippen molar-refractivity contribution in [2.75, 3.05) is 0 Å². The summed E-state index contributed by atoms with van der Waals surface area (Å²) in [5, 5.41) is 27.2. The van der Waals surface area contributed by atoms with Gasteiger partial charge in [0.05, 0.1) is 18.1 Å². The molecule has 2 rings (SSSR count). The molecule has 0 aromatic heterocycles. The van der Waals surface area contributed by atoms with E-state index in [2.05, 4.69) is 0 Å². The second kappa shape index (κ2) is 2.43. The summed E-state index contributed by atoms with van der Waals surface area (Å²) in [6.45, 7) is 0. The summed E-state index contributed by atoms with van der Waals surface area (Å²) in [6, 6.07) is -0.759. The topological polar surface area (TPSA) is 98.1 Å². The van der Waals surface area contributed by atoms with Crippen LogP contribution in [0.5, 0.6) is 0 Å². The molecule has 6 heteroatoms. The summed E-state index contributed by atoms with van der Waals surface area (Å²) >= 11 is 0. The fourth-order valence-corrected chi connectivity index (χ4v) is 2.09. The highest BCUT2D eigenvalue weighted by molar-refractivity contribution is 5.96. The van der Waals surface area contributed by atoms with Gasteiger partial charge >= 0.3 is 6.09 Å². The summed E-state index contributed by atoms with van der Waals surface area (Å²) in [5.41, 5.74) is 0. The monoisotopic (exact) mass is 187 g/mol. The second-order valence-electron chi connectivity index (χ2n) is 3.38. The molecule has 1 saturated heterocycles. The van der Waals surface area contributed by atoms with E-state index >= 15 is 0 Å². The Morgan fingerprint density at radius 1 is 1.38 bits per heavy atom. The Kier molecular flexibility index (Phi) is 1.58. The number of carboxylic acid groups (broad SMARTS) is 1. The third kappa shape index (κ3) is 0.895. The third-order valence-corrected chi connectivity index (χ3v) is 2.74. The summed E-state index contributed by atoms with van der Waals surface area (Å²) in [4.78, 5) is 22.4. The van der Waals surface area contributed by atoms with E-state index in [0.29, 0.717) is 4.90 Å². The zero-order chi connectivity index (χ0) is 9.75. The van der Waals surface area contributed by atoms with Gasteiger partial charge in [-0.05, 0) is 6.42 Å². The molecule has 13 heavy (non-hydrogen) atoms. The minimum absolute atomic E-state index is 0.230. The first kappa shape index (κ1) is 8.46. The van der Waals surface area contributed by atoms with Crippen molar-refractivity contribution >= 4 is 12.0 Å². The van der Waals surface area contributed by atoms with Crippen LogP contribution in [-0.4, -0.2) is 50.5 Å². The predicted molar refractivity (Wildman–Crippen MR) is 38.8 cm³/mol. The van der Waals surface area contributed by atoms with Crippen LogP contribution in [0.3, 0.4) is 0 Å². The molecule has 0 aromatic carbocycles. The molecule has 1 aliphatic heterocycles. The average Bonchev–Trinajstić information content (AvgIpc) is 2.50. The van der Waals surface area contributed by atoms with E-state index < -0.39 is 36.2 Å². The number of nitrogens with zero attached hydrogens (tertiary/aromatic N) is 1. The van der Waals surface area contributed by atoms with E-state index in [1.807, 2.05) is 0 Å². The molecule has 2 bridgehead atoms. The lowest BCUT2D eigenvalue weighted by Crippen LogP contribution is -2.53. The Morgan fingerprint density at radius 3 is 2.46 bits per heavy atom. The number of aliphatic hydroxyl groups excluding tert-OH is 2. The predicted octanol–water partition coefficient (Wildman–Crippen LogP) is -1.38. The first-order chi connectivity index (χ1) is 6.04. The average molecular weight is 187 g/mol. The highest BCUT2D eigenvalue weighted by atomic mass is 16.4. The van der Waals surface area contributed by atoms with E-state index in [-0.39, 0.29) is 6.42 Å². The number of amides is 2. The second-order valence-corrected chi connectivity index (χ2v) is 3.38. The zero-order valence-corrected chi connectivity index (χ0v) is 6.62. The van der Waals surface area contributed by atoms with Crippen molar-refractivity contribution in [3.63, 3.8) is 0 Å². The number of likely N-dealkylation sites (tertiary alicyclic amines) is 1. The fraction of sp³-hybridized carbons (Fsp3) is 0.714. The third-order valence-electron chi connectivity index (χ3n) is 2.74. The molecule has 0 spiro atoms. The maximum Gasteiger partial charge on any atom is 0.414 e. The van der Waals surface area contributed by atoms with Gasteiger partial charge in [0.15, 0.2) is 0 Å². The van der Waals surface area contributed by atoms with Gasteiger partial charge in [0, 0.05) is 0 Å². The molecule has 2 aliphatic rings. The molecule has 3 N–H and O–H groups in total. The molecule has 6 nitrogen and oxygen atoms in total. The smallest absolute Gasteiger partial charge is 0.414 e. The summed E-state index contributed by atoms with van der Waals surface area (Å²) in [5.74, 6) is -1.34. The fourth-order valence-electron chi connectivity index (χ4n) is 2.09. The quantitative estimate of drug-likeness (QED) is 0.434. The van der Waals surface area contributed by atoms with Gasteiger partial charge in [0.25, 0.3) is 0 Å². The van der Waals surface area contributed by atoms with Crippen LogP contribution in [0.2, 0.25) is 0 Å². The Morgan fingerprint density at radius 2 is 2.00 bits per heavy atom. The van der Waals surface area contributed by atoms with Crippen molar-refractivity contribution in [1.29, 1.82) is 0 Å². The number of carbonyl (C=O) groups is 2. The molecule has 1 saturated carbocycles. The van der Waals surface area contributed by atoms with Crippen molar-refractivity contribution < 1.29 is 24.9 Å². The van der Waals surface area contributed by atoms with E-state index in [9.17, 15) is 19.8 Å². The molecule has 1 heterocycles. The zero-order valence-electron chi connectivity index (χ0n) is 6.62. The Balaban J connectivity index is 2.29. The lowest BCUT2D eigenvalue weighted by atomic mass is 10.0. The molecule has 0 aromatic rings. The molecule has 1 aliphatic carbocycles. The summed E-state index contributed by atoms with van der Waals surface area (Å²) in [7, 11) is 0.